The van der Waals surface area contributed by atoms with Gasteiger partial charge in [0.15, 0.2) is 0 Å². The van der Waals surface area contributed by atoms with Crippen LogP contribution in [0.4, 0.5) is 0 Å². The predicted molar refractivity (Wildman–Crippen MR) is 66.5 cm³/mol. The lowest BCUT2D eigenvalue weighted by molar-refractivity contribution is 0.482. The van der Waals surface area contributed by atoms with Crippen LogP contribution in [0, 0.1) is 0 Å². The highest BCUT2D eigenvalue weighted by atomic mass is 16.4. The van der Waals surface area contributed by atoms with Gasteiger partial charge in [0.2, 0.25) is 11.8 Å². The molecule has 0 aliphatic carbocycles. The van der Waals surface area contributed by atoms with Gasteiger partial charge in [0.25, 0.3) is 0 Å². The number of benzene rings is 1. The van der Waals surface area contributed by atoms with Gasteiger partial charge < -0.3 is 9.73 Å². The first kappa shape index (κ1) is 11.8. The Balaban J connectivity index is 2.12. The van der Waals surface area contributed by atoms with Gasteiger partial charge in [-0.05, 0) is 30.7 Å². The summed E-state index contributed by atoms with van der Waals surface area (Å²) in [6, 6.07) is 8.21. The molecule has 4 heteroatoms. The molecule has 1 heterocycles. The van der Waals surface area contributed by atoms with Crippen LogP contribution in [-0.2, 0) is 13.0 Å². The molecule has 0 spiro atoms. The molecule has 0 radical (unpaired) electrons. The van der Waals surface area contributed by atoms with E-state index in [0.29, 0.717) is 18.3 Å². The Morgan fingerprint density at radius 2 is 1.88 bits per heavy atom. The van der Waals surface area contributed by atoms with Gasteiger partial charge in [-0.3, -0.25) is 0 Å². The van der Waals surface area contributed by atoms with Crippen LogP contribution in [-0.4, -0.2) is 16.7 Å². The number of nitrogens with one attached hydrogen (secondary N) is 1. The maximum Gasteiger partial charge on any atom is 0.247 e. The van der Waals surface area contributed by atoms with Crippen molar-refractivity contribution in [2.24, 2.45) is 0 Å². The molecule has 1 aromatic heterocycles. The summed E-state index contributed by atoms with van der Waals surface area (Å²) in [5, 5.41) is 11.2. The molecule has 0 amide bonds. The highest BCUT2D eigenvalue weighted by Gasteiger charge is 2.07. The monoisotopic (exact) mass is 231 g/mol. The first-order chi connectivity index (χ1) is 8.33. The van der Waals surface area contributed by atoms with Crippen molar-refractivity contribution in [1.82, 2.24) is 15.5 Å². The lowest BCUT2D eigenvalue weighted by Gasteiger charge is -1.98. The molecule has 1 N–H and O–H groups in total. The molecular formula is C13H17N3O. The fourth-order valence-electron chi connectivity index (χ4n) is 1.56. The third kappa shape index (κ3) is 2.91. The molecule has 90 valence electrons. The summed E-state index contributed by atoms with van der Waals surface area (Å²) < 4.78 is 5.56. The van der Waals surface area contributed by atoms with Crippen molar-refractivity contribution in [3.05, 3.63) is 35.7 Å². The SMILES string of the molecule is CCNCc1nnc(-c2ccc(CC)cc2)o1. The van der Waals surface area contributed by atoms with Crippen LogP contribution in [0.5, 0.6) is 0 Å². The molecule has 2 rings (SSSR count). The summed E-state index contributed by atoms with van der Waals surface area (Å²) in [5.74, 6) is 1.21. The molecule has 17 heavy (non-hydrogen) atoms. The molecule has 0 unspecified atom stereocenters. The number of hydrogen-bond acceptors (Lipinski definition) is 4. The summed E-state index contributed by atoms with van der Waals surface area (Å²) in [5.41, 5.74) is 2.28. The van der Waals surface area contributed by atoms with E-state index in [9.17, 15) is 0 Å². The predicted octanol–water partition coefficient (Wildman–Crippen LogP) is 2.41. The second kappa shape index (κ2) is 5.59. The maximum atomic E-state index is 5.56. The van der Waals surface area contributed by atoms with Crippen LogP contribution >= 0.6 is 0 Å². The van der Waals surface area contributed by atoms with Gasteiger partial charge in [0.1, 0.15) is 0 Å². The Morgan fingerprint density at radius 1 is 1.12 bits per heavy atom. The topological polar surface area (TPSA) is 51.0 Å². The second-order valence-electron chi connectivity index (χ2n) is 3.83. The zero-order valence-electron chi connectivity index (χ0n) is 10.2. The van der Waals surface area contributed by atoms with E-state index in [0.717, 1.165) is 18.5 Å². The summed E-state index contributed by atoms with van der Waals surface area (Å²) in [7, 11) is 0. The molecule has 0 saturated heterocycles. The van der Waals surface area contributed by atoms with Crippen molar-refractivity contribution >= 4 is 0 Å². The molecule has 0 bridgehead atoms. The fraction of sp³-hybridized carbons (Fsp3) is 0.385. The van der Waals surface area contributed by atoms with Gasteiger partial charge in [-0.25, -0.2) is 0 Å². The number of hydrogen-bond donors (Lipinski definition) is 1. The normalized spacial score (nSPS) is 10.7. The summed E-state index contributed by atoms with van der Waals surface area (Å²) in [4.78, 5) is 0. The standard InChI is InChI=1S/C13H17N3O/c1-3-10-5-7-11(8-6-10)13-16-15-12(17-13)9-14-4-2/h5-8,14H,3-4,9H2,1-2H3. The first-order valence-electron chi connectivity index (χ1n) is 5.96. The third-order valence-electron chi connectivity index (χ3n) is 2.60. The fourth-order valence-corrected chi connectivity index (χ4v) is 1.56. The average Bonchev–Trinajstić information content (AvgIpc) is 2.85. The Labute approximate surface area is 101 Å². The van der Waals surface area contributed by atoms with Gasteiger partial charge in [0.05, 0.1) is 6.54 Å². The second-order valence-corrected chi connectivity index (χ2v) is 3.83. The van der Waals surface area contributed by atoms with Crippen LogP contribution in [0.1, 0.15) is 25.3 Å². The minimum Gasteiger partial charge on any atom is -0.419 e. The van der Waals surface area contributed by atoms with Crippen LogP contribution in [0.3, 0.4) is 0 Å². The smallest absolute Gasteiger partial charge is 0.247 e. The summed E-state index contributed by atoms with van der Waals surface area (Å²) in [6.07, 6.45) is 1.04. The van der Waals surface area contributed by atoms with E-state index in [1.165, 1.54) is 5.56 Å². The van der Waals surface area contributed by atoms with Gasteiger partial charge in [-0.1, -0.05) is 26.0 Å². The molecule has 4 nitrogen and oxygen atoms in total. The molecular weight excluding hydrogens is 214 g/mol. The third-order valence-corrected chi connectivity index (χ3v) is 2.60. The largest absolute Gasteiger partial charge is 0.419 e. The summed E-state index contributed by atoms with van der Waals surface area (Å²) >= 11 is 0. The Morgan fingerprint density at radius 3 is 2.53 bits per heavy atom. The molecule has 2 aromatic rings. The highest BCUT2D eigenvalue weighted by molar-refractivity contribution is 5.52. The van der Waals surface area contributed by atoms with Crippen LogP contribution in [0.15, 0.2) is 28.7 Å². The minimum atomic E-state index is 0.584. The van der Waals surface area contributed by atoms with Gasteiger partial charge in [-0.15, -0.1) is 10.2 Å². The van der Waals surface area contributed by atoms with Crippen molar-refractivity contribution < 1.29 is 4.42 Å². The zero-order chi connectivity index (χ0) is 12.1. The molecule has 0 saturated carbocycles. The van der Waals surface area contributed by atoms with Crippen molar-refractivity contribution in [3.63, 3.8) is 0 Å². The van der Waals surface area contributed by atoms with E-state index >= 15 is 0 Å². The van der Waals surface area contributed by atoms with E-state index in [-0.39, 0.29) is 0 Å². The lowest BCUT2D eigenvalue weighted by atomic mass is 10.1. The van der Waals surface area contributed by atoms with Gasteiger partial charge >= 0.3 is 0 Å². The number of nitrogens with zero attached hydrogens (tertiary/aromatic N) is 2. The molecule has 0 aliphatic heterocycles. The highest BCUT2D eigenvalue weighted by Crippen LogP contribution is 2.18. The Kier molecular flexibility index (Phi) is 3.88. The van der Waals surface area contributed by atoms with E-state index < -0.39 is 0 Å². The molecule has 1 aromatic carbocycles. The van der Waals surface area contributed by atoms with E-state index in [1.54, 1.807) is 0 Å². The van der Waals surface area contributed by atoms with E-state index in [2.05, 4.69) is 34.6 Å². The number of aryl methyl sites for hydroxylation is 1. The minimum absolute atomic E-state index is 0.584. The van der Waals surface area contributed by atoms with Crippen molar-refractivity contribution in [3.8, 4) is 11.5 Å². The average molecular weight is 231 g/mol. The maximum absolute atomic E-state index is 5.56. The van der Waals surface area contributed by atoms with Crippen molar-refractivity contribution in [2.75, 3.05) is 6.54 Å². The molecule has 0 fully saturated rings. The Bertz CT molecular complexity index is 462. The van der Waals surface area contributed by atoms with Crippen molar-refractivity contribution in [2.45, 2.75) is 26.8 Å². The quantitative estimate of drug-likeness (QED) is 0.858. The lowest BCUT2D eigenvalue weighted by Crippen LogP contribution is -2.11. The van der Waals surface area contributed by atoms with Crippen LogP contribution in [0.2, 0.25) is 0 Å². The molecule has 0 atom stereocenters. The summed E-state index contributed by atoms with van der Waals surface area (Å²) in [6.45, 7) is 5.69. The van der Waals surface area contributed by atoms with Gasteiger partial charge in [0, 0.05) is 5.56 Å². The first-order valence-corrected chi connectivity index (χ1v) is 5.96. The van der Waals surface area contributed by atoms with Gasteiger partial charge in [-0.2, -0.15) is 0 Å². The number of rotatable bonds is 5. The van der Waals surface area contributed by atoms with Crippen LogP contribution < -0.4 is 5.32 Å². The molecule has 0 aliphatic rings. The Hall–Kier alpha value is -1.68. The van der Waals surface area contributed by atoms with Crippen molar-refractivity contribution in [1.29, 1.82) is 0 Å². The number of aromatic nitrogens is 2. The zero-order valence-corrected chi connectivity index (χ0v) is 10.2. The van der Waals surface area contributed by atoms with Crippen LogP contribution in [0.25, 0.3) is 11.5 Å². The van der Waals surface area contributed by atoms with E-state index in [1.807, 2.05) is 19.1 Å². The van der Waals surface area contributed by atoms with E-state index in [4.69, 9.17) is 4.42 Å².